The van der Waals surface area contributed by atoms with E-state index in [9.17, 15) is 42.9 Å². The highest BCUT2D eigenvalue weighted by atomic mass is 127. The Morgan fingerprint density at radius 3 is 1.86 bits per heavy atom. The lowest BCUT2D eigenvalue weighted by Crippen LogP contribution is -2.49. The molecular weight excluding hydrogens is 1300 g/mol. The lowest BCUT2D eigenvalue weighted by atomic mass is 9.77. The van der Waals surface area contributed by atoms with E-state index in [1.807, 2.05) is 12.1 Å². The third kappa shape index (κ3) is 10.7. The van der Waals surface area contributed by atoms with Crippen LogP contribution in [0.5, 0.6) is 40.2 Å². The molecule has 0 bridgehead atoms. The van der Waals surface area contributed by atoms with Crippen LogP contribution in [0.3, 0.4) is 0 Å². The molecule has 7 rings (SSSR count). The molecular formula is C42H32F3I4N3O12. The molecule has 2 heterocycles. The van der Waals surface area contributed by atoms with Crippen LogP contribution in [0.25, 0.3) is 0 Å². The summed E-state index contributed by atoms with van der Waals surface area (Å²) in [6, 6.07) is 19.8. The van der Waals surface area contributed by atoms with Crippen molar-refractivity contribution in [3.05, 3.63) is 127 Å². The van der Waals surface area contributed by atoms with Gasteiger partial charge in [-0.1, -0.05) is 0 Å². The molecule has 2 aliphatic rings. The summed E-state index contributed by atoms with van der Waals surface area (Å²) in [5, 5.41) is 40.4. The standard InChI is InChI=1S/C40H31I4N3O10.C2HF3O2/c41-27-10-18(12-31(37(50)51)47-34(46)2-1-9-45)11-28(42)35(27)54-22-16-29(43)36(30(44)17-22)56-38(52)19-3-6-23-26(13-19)40(57-39(23)53)24-7-4-20(48)14-32(24)55-33-15-21(49)5-8-25(33)40;3-2(4,5)1(6)7/h3-8,10-11,13-17,31,34,47-49H,1-2,9,12,45-46H2,(H,50,51);(H,6,7)/t31-,34?;/m1./s1. The topological polar surface area (TPSA) is 250 Å². The summed E-state index contributed by atoms with van der Waals surface area (Å²) < 4.78 is 58.9. The van der Waals surface area contributed by atoms with Crippen molar-refractivity contribution in [1.29, 1.82) is 0 Å². The maximum atomic E-state index is 13.8. The van der Waals surface area contributed by atoms with Gasteiger partial charge in [0.05, 0.1) is 31.6 Å². The van der Waals surface area contributed by atoms with Crippen molar-refractivity contribution in [3.8, 4) is 40.2 Å². The number of nitrogens with two attached hydrogens (primary N) is 2. The van der Waals surface area contributed by atoms with Crippen molar-refractivity contribution in [3.63, 3.8) is 0 Å². The molecule has 64 heavy (non-hydrogen) atoms. The quantitative estimate of drug-likeness (QED) is 0.0268. The van der Waals surface area contributed by atoms with Crippen molar-refractivity contribution in [2.45, 2.75) is 43.2 Å². The molecule has 22 heteroatoms. The maximum absolute atomic E-state index is 13.8. The Morgan fingerprint density at radius 2 is 1.34 bits per heavy atom. The van der Waals surface area contributed by atoms with Gasteiger partial charge in [0.15, 0.2) is 17.1 Å². The number of halogens is 7. The normalized spacial score (nSPS) is 14.1. The zero-order valence-corrected chi connectivity index (χ0v) is 41.0. The van der Waals surface area contributed by atoms with E-state index < -0.39 is 47.9 Å². The average molecular weight is 1340 g/mol. The van der Waals surface area contributed by atoms with Gasteiger partial charge in [-0.15, -0.1) is 0 Å². The van der Waals surface area contributed by atoms with Gasteiger partial charge in [0.2, 0.25) is 0 Å². The molecule has 2 aliphatic heterocycles. The molecule has 0 saturated carbocycles. The van der Waals surface area contributed by atoms with Crippen molar-refractivity contribution in [2.24, 2.45) is 11.5 Å². The number of benzene rings is 5. The number of rotatable bonds is 12. The Morgan fingerprint density at radius 1 is 0.797 bits per heavy atom. The summed E-state index contributed by atoms with van der Waals surface area (Å²) in [7, 11) is 0. The van der Waals surface area contributed by atoms with Crippen LogP contribution in [0, 0.1) is 14.3 Å². The zero-order valence-electron chi connectivity index (χ0n) is 32.3. The predicted octanol–water partition coefficient (Wildman–Crippen LogP) is 8.34. The Bertz CT molecular complexity index is 2590. The Balaban J connectivity index is 0.000000898. The molecule has 9 N–H and O–H groups in total. The summed E-state index contributed by atoms with van der Waals surface area (Å²) in [5.74, 6) is -3.40. The second-order valence-corrected chi connectivity index (χ2v) is 18.6. The van der Waals surface area contributed by atoms with Gasteiger partial charge in [-0.2, -0.15) is 13.2 Å². The van der Waals surface area contributed by atoms with Crippen molar-refractivity contribution < 1.29 is 71.7 Å². The number of phenolic OH excluding ortho intramolecular Hbond substituents is 2. The van der Waals surface area contributed by atoms with E-state index in [0.29, 0.717) is 60.5 Å². The van der Waals surface area contributed by atoms with Gasteiger partial charge < -0.3 is 50.8 Å². The number of phenols is 2. The summed E-state index contributed by atoms with van der Waals surface area (Å²) >= 11 is 8.45. The Kier molecular flexibility index (Phi) is 15.5. The summed E-state index contributed by atoms with van der Waals surface area (Å²) in [6.07, 6.45) is -4.12. The number of hydrogen-bond donors (Lipinski definition) is 7. The molecule has 0 radical (unpaired) electrons. The number of ether oxygens (including phenoxy) is 4. The SMILES string of the molecule is NCCCC(N)N[C@H](Cc1cc(I)c(Oc2cc(I)c(OC(=O)c3ccc4c(c3)C3(OC4=O)c4ccc(O)cc4Oc4cc(O)ccc43)c(I)c2)c(I)c1)C(=O)O.O=C(O)C(F)(F)F. The predicted molar refractivity (Wildman–Crippen MR) is 255 cm³/mol. The fourth-order valence-electron chi connectivity index (χ4n) is 6.75. The molecule has 1 spiro atoms. The molecule has 0 aromatic heterocycles. The molecule has 5 aromatic carbocycles. The number of carboxylic acid groups (broad SMARTS) is 2. The minimum atomic E-state index is -5.08. The molecule has 2 atom stereocenters. The van der Waals surface area contributed by atoms with Crippen LogP contribution in [0.1, 0.15) is 55.8 Å². The Hall–Kier alpha value is -4.23. The molecule has 1 unspecified atom stereocenters. The summed E-state index contributed by atoms with van der Waals surface area (Å²) in [6.45, 7) is 0.471. The van der Waals surface area contributed by atoms with Crippen LogP contribution < -0.4 is 31.0 Å². The van der Waals surface area contributed by atoms with Crippen LogP contribution in [0.4, 0.5) is 13.2 Å². The molecule has 0 fully saturated rings. The molecule has 336 valence electrons. The van der Waals surface area contributed by atoms with Gasteiger partial charge in [0.25, 0.3) is 0 Å². The zero-order chi connectivity index (χ0) is 46.8. The molecule has 0 saturated heterocycles. The minimum Gasteiger partial charge on any atom is -0.508 e. The van der Waals surface area contributed by atoms with Gasteiger partial charge in [-0.05, 0) is 188 Å². The highest BCUT2D eigenvalue weighted by Gasteiger charge is 2.54. The van der Waals surface area contributed by atoms with Gasteiger partial charge in [-0.25, -0.2) is 14.4 Å². The number of carbonyl (C=O) groups excluding carboxylic acids is 2. The van der Waals surface area contributed by atoms with Crippen molar-refractivity contribution >= 4 is 114 Å². The van der Waals surface area contributed by atoms with Crippen LogP contribution in [-0.4, -0.2) is 69.2 Å². The molecule has 5 aromatic rings. The van der Waals surface area contributed by atoms with E-state index in [-0.39, 0.29) is 40.5 Å². The van der Waals surface area contributed by atoms with E-state index in [0.717, 1.165) is 12.7 Å². The molecule has 15 nitrogen and oxygen atoms in total. The summed E-state index contributed by atoms with van der Waals surface area (Å²) in [5.41, 5.74) is 12.5. The largest absolute Gasteiger partial charge is 0.508 e. The number of aromatic hydroxyl groups is 2. The second kappa shape index (κ2) is 20.1. The number of nitrogens with one attached hydrogen (secondary N) is 1. The van der Waals surface area contributed by atoms with Crippen molar-refractivity contribution in [1.82, 2.24) is 5.32 Å². The first kappa shape index (κ1) is 49.2. The average Bonchev–Trinajstić information content (AvgIpc) is 3.50. The molecule has 0 aliphatic carbocycles. The molecule has 0 amide bonds. The fraction of sp³-hybridized carbons (Fsp3) is 0.190. The van der Waals surface area contributed by atoms with Gasteiger partial charge in [0.1, 0.15) is 34.8 Å². The first-order valence-corrected chi connectivity index (χ1v) is 22.8. The number of esters is 2. The number of fused-ring (bicyclic) bond motifs is 6. The summed E-state index contributed by atoms with van der Waals surface area (Å²) in [4.78, 5) is 48.1. The number of aliphatic carboxylic acids is 2. The van der Waals surface area contributed by atoms with Crippen LogP contribution in [-0.2, 0) is 26.3 Å². The smallest absolute Gasteiger partial charge is 0.490 e. The van der Waals surface area contributed by atoms with Crippen LogP contribution in [0.2, 0.25) is 0 Å². The van der Waals surface area contributed by atoms with E-state index in [1.165, 1.54) is 36.4 Å². The number of carbonyl (C=O) groups is 4. The third-order valence-electron chi connectivity index (χ3n) is 9.57. The van der Waals surface area contributed by atoms with Crippen LogP contribution in [0.15, 0.2) is 78.9 Å². The maximum Gasteiger partial charge on any atom is 0.490 e. The number of hydrogen-bond acceptors (Lipinski definition) is 13. The number of alkyl halides is 3. The lowest BCUT2D eigenvalue weighted by molar-refractivity contribution is -0.192. The van der Waals surface area contributed by atoms with E-state index in [2.05, 4.69) is 95.7 Å². The van der Waals surface area contributed by atoms with E-state index >= 15 is 0 Å². The fourth-order valence-corrected chi connectivity index (χ4v) is 10.8. The third-order valence-corrected chi connectivity index (χ3v) is 12.8. The van der Waals surface area contributed by atoms with Gasteiger partial charge in [0, 0.05) is 28.8 Å². The Labute approximate surface area is 415 Å². The van der Waals surface area contributed by atoms with Crippen molar-refractivity contribution in [2.75, 3.05) is 6.54 Å². The highest BCUT2D eigenvalue weighted by Crippen LogP contribution is 2.57. The monoisotopic (exact) mass is 1330 g/mol. The first-order chi connectivity index (χ1) is 30.1. The first-order valence-electron chi connectivity index (χ1n) is 18.5. The van der Waals surface area contributed by atoms with E-state index in [4.69, 9.17) is 40.3 Å². The lowest BCUT2D eigenvalue weighted by Gasteiger charge is -2.36. The number of carboxylic acids is 2. The van der Waals surface area contributed by atoms with Gasteiger partial charge in [-0.3, -0.25) is 10.1 Å². The van der Waals surface area contributed by atoms with E-state index in [1.54, 1.807) is 30.3 Å². The minimum absolute atomic E-state index is 0.0763. The second-order valence-electron chi connectivity index (χ2n) is 14.0. The van der Waals surface area contributed by atoms with Crippen LogP contribution >= 0.6 is 90.4 Å². The van der Waals surface area contributed by atoms with Gasteiger partial charge >= 0.3 is 30.1 Å². The highest BCUT2D eigenvalue weighted by molar-refractivity contribution is 14.1.